The van der Waals surface area contributed by atoms with E-state index in [1.807, 2.05) is 0 Å². The van der Waals surface area contributed by atoms with Gasteiger partial charge in [-0.25, -0.2) is 4.39 Å². The molecule has 0 spiro atoms. The van der Waals surface area contributed by atoms with E-state index in [4.69, 9.17) is 5.11 Å². The predicted molar refractivity (Wildman–Crippen MR) is 113 cm³/mol. The summed E-state index contributed by atoms with van der Waals surface area (Å²) < 4.78 is 15.6. The van der Waals surface area contributed by atoms with Crippen LogP contribution in [-0.2, 0) is 14.4 Å². The Morgan fingerprint density at radius 1 is 1.18 bits per heavy atom. The highest BCUT2D eigenvalue weighted by molar-refractivity contribution is 5.94. The molecule has 4 fully saturated rings. The molecule has 0 saturated heterocycles. The maximum absolute atomic E-state index is 15.6. The number of aliphatic carboxylic acids is 1. The first kappa shape index (κ1) is 24.7. The number of hydrogen-bond donors (Lipinski definition) is 5. The van der Waals surface area contributed by atoms with Crippen LogP contribution in [0.15, 0.2) is 0 Å². The Hall–Kier alpha value is -1.42. The Morgan fingerprint density at radius 3 is 2.42 bits per heavy atom. The van der Waals surface area contributed by atoms with Crippen LogP contribution in [0, 0.1) is 34.5 Å². The molecule has 4 saturated carbocycles. The molecule has 0 aliphatic heterocycles. The van der Waals surface area contributed by atoms with Gasteiger partial charge in [0.25, 0.3) is 0 Å². The third kappa shape index (κ3) is 3.04. The van der Waals surface area contributed by atoms with Crippen LogP contribution < -0.4 is 0 Å². The van der Waals surface area contributed by atoms with Gasteiger partial charge in [0, 0.05) is 23.7 Å². The lowest BCUT2D eigenvalue weighted by molar-refractivity contribution is -0.262. The van der Waals surface area contributed by atoms with Crippen molar-refractivity contribution in [1.29, 1.82) is 0 Å². The van der Waals surface area contributed by atoms with Gasteiger partial charge in [-0.15, -0.1) is 0 Å². The van der Waals surface area contributed by atoms with E-state index >= 15 is 4.39 Å². The predicted octanol–water partition coefficient (Wildman–Crippen LogP) is 1.01. The normalized spacial score (nSPS) is 52.4. The molecule has 33 heavy (non-hydrogen) atoms. The van der Waals surface area contributed by atoms with Crippen molar-refractivity contribution in [2.45, 2.75) is 95.3 Å². The molecule has 8 nitrogen and oxygen atoms in total. The fraction of sp³-hybridized carbons (Fsp3) is 0.875. The number of Topliss-reactive ketones (excluding diaryl/α,β-unsaturated/α-hetero) is 2. The molecule has 4 rings (SSSR count). The van der Waals surface area contributed by atoms with Crippen molar-refractivity contribution in [2.75, 3.05) is 0 Å². The number of rotatable bonds is 4. The molecule has 0 radical (unpaired) electrons. The van der Waals surface area contributed by atoms with Gasteiger partial charge in [0.05, 0.1) is 12.5 Å². The lowest BCUT2D eigenvalue weighted by Crippen LogP contribution is -2.71. The second-order valence-corrected chi connectivity index (χ2v) is 11.6. The van der Waals surface area contributed by atoms with Crippen LogP contribution in [-0.4, -0.2) is 72.7 Å². The molecule has 0 heterocycles. The summed E-state index contributed by atoms with van der Waals surface area (Å²) in [6.45, 7) is 5.05. The first-order valence-electron chi connectivity index (χ1n) is 11.9. The van der Waals surface area contributed by atoms with Gasteiger partial charge in [-0.05, 0) is 49.4 Å². The Labute approximate surface area is 192 Å². The molecule has 5 N–H and O–H groups in total. The second kappa shape index (κ2) is 7.54. The van der Waals surface area contributed by atoms with Crippen molar-refractivity contribution < 1.29 is 44.3 Å². The van der Waals surface area contributed by atoms with Crippen LogP contribution in [0.4, 0.5) is 4.39 Å². The van der Waals surface area contributed by atoms with Crippen molar-refractivity contribution in [3.63, 3.8) is 0 Å². The van der Waals surface area contributed by atoms with Crippen LogP contribution in [0.1, 0.15) is 65.7 Å². The zero-order chi connectivity index (χ0) is 24.7. The SMILES string of the molecule is C[C@@H]1C[C@H]2[C@@H]3C[C@@H](F)[C@@]4(O)CC(=O)CC[C@]4(C)[C@H]3[C@H](O)C[C@]2(C)[C@@]1(O)C(=O)C(O)CC(=O)O. The highest BCUT2D eigenvalue weighted by Crippen LogP contribution is 2.70. The zero-order valence-corrected chi connectivity index (χ0v) is 19.3. The average molecular weight is 471 g/mol. The van der Waals surface area contributed by atoms with E-state index in [0.29, 0.717) is 6.42 Å². The summed E-state index contributed by atoms with van der Waals surface area (Å²) in [5, 5.41) is 53.7. The minimum absolute atomic E-state index is 0.0121. The lowest BCUT2D eigenvalue weighted by atomic mass is 9.41. The minimum Gasteiger partial charge on any atom is -0.481 e. The molecule has 0 bridgehead atoms. The Bertz CT molecular complexity index is 879. The monoisotopic (exact) mass is 470 g/mol. The molecule has 1 unspecified atom stereocenters. The van der Waals surface area contributed by atoms with Crippen molar-refractivity contribution in [3.8, 4) is 0 Å². The summed E-state index contributed by atoms with van der Waals surface area (Å²) >= 11 is 0. The van der Waals surface area contributed by atoms with Crippen molar-refractivity contribution in [3.05, 3.63) is 0 Å². The van der Waals surface area contributed by atoms with E-state index in [-0.39, 0.29) is 43.8 Å². The van der Waals surface area contributed by atoms with E-state index in [9.17, 15) is 34.8 Å². The summed E-state index contributed by atoms with van der Waals surface area (Å²) in [7, 11) is 0. The number of ketones is 2. The van der Waals surface area contributed by atoms with Crippen molar-refractivity contribution in [2.24, 2.45) is 34.5 Å². The highest BCUT2D eigenvalue weighted by Gasteiger charge is 2.74. The number of aliphatic hydroxyl groups excluding tert-OH is 2. The molecular weight excluding hydrogens is 435 g/mol. The molecular formula is C24H35FO8. The fourth-order valence-corrected chi connectivity index (χ4v) is 8.52. The maximum Gasteiger partial charge on any atom is 0.306 e. The molecule has 9 heteroatoms. The number of fused-ring (bicyclic) bond motifs is 5. The maximum atomic E-state index is 15.6. The Balaban J connectivity index is 1.75. The Morgan fingerprint density at radius 2 is 1.82 bits per heavy atom. The molecule has 0 amide bonds. The topological polar surface area (TPSA) is 152 Å². The zero-order valence-electron chi connectivity index (χ0n) is 19.3. The third-order valence-electron chi connectivity index (χ3n) is 10.2. The number of carbonyl (C=O) groups excluding carboxylic acids is 2. The van der Waals surface area contributed by atoms with E-state index < -0.39 is 76.3 Å². The van der Waals surface area contributed by atoms with Crippen LogP contribution in [0.5, 0.6) is 0 Å². The van der Waals surface area contributed by atoms with E-state index in [2.05, 4.69) is 0 Å². The summed E-state index contributed by atoms with van der Waals surface area (Å²) in [5.74, 6) is -4.55. The quantitative estimate of drug-likeness (QED) is 0.408. The molecule has 186 valence electrons. The summed E-state index contributed by atoms with van der Waals surface area (Å²) in [6, 6.07) is 0. The third-order valence-corrected chi connectivity index (χ3v) is 10.2. The average Bonchev–Trinajstić information content (AvgIpc) is 2.90. The minimum atomic E-state index is -2.08. The van der Waals surface area contributed by atoms with Gasteiger partial charge in [-0.1, -0.05) is 20.8 Å². The van der Waals surface area contributed by atoms with E-state index in [1.54, 1.807) is 20.8 Å². The lowest BCUT2D eigenvalue weighted by Gasteiger charge is -2.65. The molecule has 11 atom stereocenters. The highest BCUT2D eigenvalue weighted by atomic mass is 19.1. The summed E-state index contributed by atoms with van der Waals surface area (Å²) in [5.41, 5.74) is -6.20. The van der Waals surface area contributed by atoms with Gasteiger partial charge < -0.3 is 25.5 Å². The van der Waals surface area contributed by atoms with Gasteiger partial charge in [-0.3, -0.25) is 14.4 Å². The number of carboxylic acids is 1. The molecule has 0 aromatic carbocycles. The number of carbonyl (C=O) groups is 3. The van der Waals surface area contributed by atoms with Crippen molar-refractivity contribution >= 4 is 17.5 Å². The number of aliphatic hydroxyl groups is 4. The number of hydrogen-bond acceptors (Lipinski definition) is 7. The van der Waals surface area contributed by atoms with Gasteiger partial charge in [-0.2, -0.15) is 0 Å². The first-order chi connectivity index (χ1) is 15.1. The van der Waals surface area contributed by atoms with Crippen LogP contribution >= 0.6 is 0 Å². The van der Waals surface area contributed by atoms with Crippen molar-refractivity contribution in [1.82, 2.24) is 0 Å². The van der Waals surface area contributed by atoms with Crippen LogP contribution in [0.2, 0.25) is 0 Å². The van der Waals surface area contributed by atoms with Crippen LogP contribution in [0.3, 0.4) is 0 Å². The Kier molecular flexibility index (Phi) is 5.64. The summed E-state index contributed by atoms with van der Waals surface area (Å²) in [4.78, 5) is 36.3. The smallest absolute Gasteiger partial charge is 0.306 e. The van der Waals surface area contributed by atoms with Gasteiger partial charge >= 0.3 is 5.97 Å². The van der Waals surface area contributed by atoms with Gasteiger partial charge in [0.15, 0.2) is 5.78 Å². The van der Waals surface area contributed by atoms with Crippen LogP contribution in [0.25, 0.3) is 0 Å². The fourth-order valence-electron chi connectivity index (χ4n) is 8.52. The van der Waals surface area contributed by atoms with E-state index in [0.717, 1.165) is 0 Å². The summed E-state index contributed by atoms with van der Waals surface area (Å²) in [6.07, 6.45) is -5.12. The molecule has 0 aromatic heterocycles. The van der Waals surface area contributed by atoms with Gasteiger partial charge in [0.1, 0.15) is 29.3 Å². The first-order valence-corrected chi connectivity index (χ1v) is 11.9. The largest absolute Gasteiger partial charge is 0.481 e. The number of halogens is 1. The standard InChI is InChI=1S/C24H35FO8/c1-11-6-14-13-7-17(25)23(32)9-12(26)4-5-21(23,2)19(13)16(28)10-22(14,3)24(11,33)20(31)15(27)8-18(29)30/h11,13-17,19,27-28,32-33H,4-10H2,1-3H3,(H,29,30)/t11-,13+,14+,15?,16-,17-,19-,21-,22+,23+,24+/m1/s1. The number of carboxylic acid groups (broad SMARTS) is 1. The molecule has 4 aliphatic rings. The number of alkyl halides is 1. The van der Waals surface area contributed by atoms with Gasteiger partial charge in [0.2, 0.25) is 0 Å². The second-order valence-electron chi connectivity index (χ2n) is 11.6. The molecule has 0 aromatic rings. The molecule has 4 aliphatic carbocycles. The van der Waals surface area contributed by atoms with E-state index in [1.165, 1.54) is 0 Å².